The van der Waals surface area contributed by atoms with Gasteiger partial charge in [-0.05, 0) is 18.2 Å². The smallest absolute Gasteiger partial charge is 0.387 e. The highest BCUT2D eigenvalue weighted by atomic mass is 19.3. The first-order valence-corrected chi connectivity index (χ1v) is 9.27. The number of benzene rings is 2. The molecule has 1 saturated heterocycles. The van der Waals surface area contributed by atoms with Crippen molar-refractivity contribution in [2.45, 2.75) is 13.2 Å². The van der Waals surface area contributed by atoms with Crippen molar-refractivity contribution < 1.29 is 27.8 Å². The number of hydrogen-bond donors (Lipinski definition) is 0. The van der Waals surface area contributed by atoms with Crippen molar-refractivity contribution in [1.29, 1.82) is 0 Å². The molecule has 1 aliphatic heterocycles. The molecule has 2 aromatic carbocycles. The van der Waals surface area contributed by atoms with Gasteiger partial charge in [-0.25, -0.2) is 0 Å². The summed E-state index contributed by atoms with van der Waals surface area (Å²) in [7, 11) is 3.08. The molecule has 156 valence electrons. The topological polar surface area (TPSA) is 51.2 Å². The molecule has 0 unspecified atom stereocenters. The third-order valence-electron chi connectivity index (χ3n) is 4.84. The zero-order valence-electron chi connectivity index (χ0n) is 16.4. The van der Waals surface area contributed by atoms with Gasteiger partial charge in [0.1, 0.15) is 17.2 Å². The third-order valence-corrected chi connectivity index (χ3v) is 4.84. The summed E-state index contributed by atoms with van der Waals surface area (Å²) in [6.07, 6.45) is 0. The standard InChI is InChI=1S/C21H24F2N2O4/c1-27-17-11-16(12-18(13-17)28-2)20(26)25-9-7-24(8-10-25)14-15-5-3-4-6-19(15)29-21(22)23/h3-6,11-13,21H,7-10,14H2,1-2H3. The maximum Gasteiger partial charge on any atom is 0.387 e. The van der Waals surface area contributed by atoms with Crippen LogP contribution in [0.5, 0.6) is 17.2 Å². The molecule has 0 aromatic heterocycles. The lowest BCUT2D eigenvalue weighted by atomic mass is 10.1. The number of halogens is 2. The van der Waals surface area contributed by atoms with Crippen LogP contribution >= 0.6 is 0 Å². The monoisotopic (exact) mass is 406 g/mol. The molecule has 1 aliphatic rings. The largest absolute Gasteiger partial charge is 0.497 e. The first-order valence-electron chi connectivity index (χ1n) is 9.27. The Morgan fingerprint density at radius 1 is 1.00 bits per heavy atom. The number of ether oxygens (including phenoxy) is 3. The van der Waals surface area contributed by atoms with Crippen LogP contribution in [0.15, 0.2) is 42.5 Å². The molecular weight excluding hydrogens is 382 g/mol. The predicted molar refractivity (Wildman–Crippen MR) is 104 cm³/mol. The average Bonchev–Trinajstić information content (AvgIpc) is 2.74. The van der Waals surface area contributed by atoms with Crippen molar-refractivity contribution in [2.75, 3.05) is 40.4 Å². The van der Waals surface area contributed by atoms with Gasteiger partial charge in [0.25, 0.3) is 5.91 Å². The van der Waals surface area contributed by atoms with E-state index in [1.165, 1.54) is 20.3 Å². The van der Waals surface area contributed by atoms with Crippen LogP contribution in [-0.2, 0) is 6.54 Å². The van der Waals surface area contributed by atoms with Crippen LogP contribution < -0.4 is 14.2 Å². The zero-order chi connectivity index (χ0) is 20.8. The highest BCUT2D eigenvalue weighted by Crippen LogP contribution is 2.25. The fourth-order valence-corrected chi connectivity index (χ4v) is 3.31. The van der Waals surface area contributed by atoms with Gasteiger partial charge in [-0.3, -0.25) is 9.69 Å². The van der Waals surface area contributed by atoms with Crippen LogP contribution in [0.4, 0.5) is 8.78 Å². The molecule has 0 aliphatic carbocycles. The second-order valence-electron chi connectivity index (χ2n) is 6.66. The molecule has 2 aromatic rings. The zero-order valence-corrected chi connectivity index (χ0v) is 16.4. The lowest BCUT2D eigenvalue weighted by molar-refractivity contribution is -0.0508. The SMILES string of the molecule is COc1cc(OC)cc(C(=O)N2CCN(Cc3ccccc3OC(F)F)CC2)c1. The van der Waals surface area contributed by atoms with E-state index in [-0.39, 0.29) is 11.7 Å². The van der Waals surface area contributed by atoms with Gasteiger partial charge < -0.3 is 19.1 Å². The van der Waals surface area contributed by atoms with E-state index in [0.717, 1.165) is 0 Å². The van der Waals surface area contributed by atoms with Crippen LogP contribution in [0.2, 0.25) is 0 Å². The summed E-state index contributed by atoms with van der Waals surface area (Å²) in [6, 6.07) is 11.9. The van der Waals surface area contributed by atoms with Crippen LogP contribution in [0.25, 0.3) is 0 Å². The Balaban J connectivity index is 1.62. The second-order valence-corrected chi connectivity index (χ2v) is 6.66. The van der Waals surface area contributed by atoms with Crippen LogP contribution in [-0.4, -0.2) is 62.7 Å². The molecule has 0 N–H and O–H groups in total. The molecule has 8 heteroatoms. The van der Waals surface area contributed by atoms with Crippen LogP contribution in [0, 0.1) is 0 Å². The number of nitrogens with zero attached hydrogens (tertiary/aromatic N) is 2. The molecule has 0 saturated carbocycles. The van der Waals surface area contributed by atoms with E-state index in [1.807, 2.05) is 0 Å². The van der Waals surface area contributed by atoms with E-state index in [2.05, 4.69) is 9.64 Å². The Morgan fingerprint density at radius 3 is 2.21 bits per heavy atom. The molecule has 0 spiro atoms. The summed E-state index contributed by atoms with van der Waals surface area (Å²) >= 11 is 0. The van der Waals surface area contributed by atoms with E-state index in [4.69, 9.17) is 9.47 Å². The van der Waals surface area contributed by atoms with Gasteiger partial charge in [-0.1, -0.05) is 18.2 Å². The van der Waals surface area contributed by atoms with Gasteiger partial charge in [-0.2, -0.15) is 8.78 Å². The number of rotatable bonds is 7. The molecular formula is C21H24F2N2O4. The van der Waals surface area contributed by atoms with Gasteiger partial charge in [0.15, 0.2) is 0 Å². The fraction of sp³-hybridized carbons (Fsp3) is 0.381. The maximum atomic E-state index is 12.9. The third kappa shape index (κ3) is 5.35. The molecule has 6 nitrogen and oxygen atoms in total. The highest BCUT2D eigenvalue weighted by Gasteiger charge is 2.24. The second kappa shape index (κ2) is 9.56. The first kappa shape index (κ1) is 20.9. The lowest BCUT2D eigenvalue weighted by Crippen LogP contribution is -2.48. The minimum absolute atomic E-state index is 0.0942. The van der Waals surface area contributed by atoms with Crippen LogP contribution in [0.1, 0.15) is 15.9 Å². The Hall–Kier alpha value is -2.87. The number of carbonyl (C=O) groups excluding carboxylic acids is 1. The van der Waals surface area contributed by atoms with E-state index < -0.39 is 6.61 Å². The minimum Gasteiger partial charge on any atom is -0.497 e. The predicted octanol–water partition coefficient (Wildman–Crippen LogP) is 3.26. The number of carbonyl (C=O) groups is 1. The Labute approximate surface area is 168 Å². The van der Waals surface area contributed by atoms with Gasteiger partial charge in [0.05, 0.1) is 14.2 Å². The highest BCUT2D eigenvalue weighted by molar-refractivity contribution is 5.95. The quantitative estimate of drug-likeness (QED) is 0.707. The molecule has 1 amide bonds. The van der Waals surface area contributed by atoms with Gasteiger partial charge in [-0.15, -0.1) is 0 Å². The summed E-state index contributed by atoms with van der Waals surface area (Å²) in [4.78, 5) is 16.8. The van der Waals surface area contributed by atoms with E-state index in [9.17, 15) is 13.6 Å². The summed E-state index contributed by atoms with van der Waals surface area (Å²) in [6.45, 7) is -0.0266. The maximum absolute atomic E-state index is 12.9. The number of hydrogen-bond acceptors (Lipinski definition) is 5. The molecule has 0 bridgehead atoms. The van der Waals surface area contributed by atoms with Gasteiger partial charge in [0.2, 0.25) is 0 Å². The van der Waals surface area contributed by atoms with Crippen molar-refractivity contribution >= 4 is 5.91 Å². The summed E-state index contributed by atoms with van der Waals surface area (Å²) in [5.74, 6) is 1.21. The molecule has 1 heterocycles. The normalized spacial score (nSPS) is 14.7. The number of methoxy groups -OCH3 is 2. The number of alkyl halides is 2. The Morgan fingerprint density at radius 2 is 1.62 bits per heavy atom. The molecule has 29 heavy (non-hydrogen) atoms. The molecule has 0 radical (unpaired) electrons. The summed E-state index contributed by atoms with van der Waals surface area (Å²) < 4.78 is 40.2. The van der Waals surface area contributed by atoms with Crippen molar-refractivity contribution in [2.24, 2.45) is 0 Å². The van der Waals surface area contributed by atoms with E-state index in [1.54, 1.807) is 41.3 Å². The summed E-state index contributed by atoms with van der Waals surface area (Å²) in [5, 5.41) is 0. The Kier molecular flexibility index (Phi) is 6.87. The van der Waals surface area contributed by atoms with Crippen molar-refractivity contribution in [1.82, 2.24) is 9.80 Å². The van der Waals surface area contributed by atoms with E-state index in [0.29, 0.717) is 55.3 Å². The van der Waals surface area contributed by atoms with Crippen molar-refractivity contribution in [3.8, 4) is 17.2 Å². The van der Waals surface area contributed by atoms with Crippen LogP contribution in [0.3, 0.4) is 0 Å². The molecule has 0 atom stereocenters. The van der Waals surface area contributed by atoms with Crippen molar-refractivity contribution in [3.05, 3.63) is 53.6 Å². The van der Waals surface area contributed by atoms with E-state index >= 15 is 0 Å². The average molecular weight is 406 g/mol. The first-order chi connectivity index (χ1) is 14.0. The fourth-order valence-electron chi connectivity index (χ4n) is 3.31. The van der Waals surface area contributed by atoms with Crippen molar-refractivity contribution in [3.63, 3.8) is 0 Å². The van der Waals surface area contributed by atoms with Gasteiger partial charge in [0, 0.05) is 49.9 Å². The minimum atomic E-state index is -2.86. The summed E-state index contributed by atoms with van der Waals surface area (Å²) in [5.41, 5.74) is 1.20. The lowest BCUT2D eigenvalue weighted by Gasteiger charge is -2.35. The Bertz CT molecular complexity index is 817. The number of para-hydroxylation sites is 1. The number of piperazine rings is 1. The van der Waals surface area contributed by atoms with Gasteiger partial charge >= 0.3 is 6.61 Å². The molecule has 3 rings (SSSR count). The molecule has 1 fully saturated rings. The number of amides is 1.